The van der Waals surface area contributed by atoms with Gasteiger partial charge in [0.2, 0.25) is 11.8 Å². The maximum Gasteiger partial charge on any atom is 0.273 e. The summed E-state index contributed by atoms with van der Waals surface area (Å²) >= 11 is 0. The van der Waals surface area contributed by atoms with Crippen LogP contribution in [0.5, 0.6) is 0 Å². The fourth-order valence-corrected chi connectivity index (χ4v) is 4.50. The monoisotopic (exact) mass is 594 g/mol. The molecule has 1 aromatic heterocycles. The highest BCUT2D eigenvalue weighted by atomic mass is 16.5. The molecule has 12 heteroatoms. The Kier molecular flexibility index (Phi) is 12.9. The maximum atomic E-state index is 12.7. The van der Waals surface area contributed by atoms with Crippen LogP contribution in [0.1, 0.15) is 48.4 Å². The number of likely N-dealkylation sites (N-methyl/N-ethyl adjacent to an activating group) is 2. The van der Waals surface area contributed by atoms with Gasteiger partial charge in [0.25, 0.3) is 5.91 Å². The molecule has 1 aliphatic rings. The van der Waals surface area contributed by atoms with Crippen LogP contribution in [0.4, 0.5) is 17.3 Å². The van der Waals surface area contributed by atoms with Gasteiger partial charge >= 0.3 is 0 Å². The van der Waals surface area contributed by atoms with E-state index in [1.165, 1.54) is 11.0 Å². The first-order valence-corrected chi connectivity index (χ1v) is 14.8. The lowest BCUT2D eigenvalue weighted by atomic mass is 10.1. The van der Waals surface area contributed by atoms with E-state index in [9.17, 15) is 14.4 Å². The molecule has 2 heterocycles. The van der Waals surface area contributed by atoms with Gasteiger partial charge in [-0.2, -0.15) is 0 Å². The van der Waals surface area contributed by atoms with Gasteiger partial charge in [0.1, 0.15) is 6.04 Å². The van der Waals surface area contributed by atoms with E-state index in [2.05, 4.69) is 26.3 Å². The van der Waals surface area contributed by atoms with Gasteiger partial charge in [0.15, 0.2) is 17.3 Å². The maximum absolute atomic E-state index is 12.7. The van der Waals surface area contributed by atoms with Gasteiger partial charge in [-0.1, -0.05) is 25.1 Å². The van der Waals surface area contributed by atoms with Crippen LogP contribution in [0.2, 0.25) is 0 Å². The predicted octanol–water partition coefficient (Wildman–Crippen LogP) is 2.36. The zero-order valence-corrected chi connectivity index (χ0v) is 26.2. The minimum absolute atomic E-state index is 0.221. The second kappa shape index (κ2) is 16.6. The second-order valence-corrected chi connectivity index (χ2v) is 10.8. The number of rotatable bonds is 14. The van der Waals surface area contributed by atoms with Crippen molar-refractivity contribution in [1.29, 1.82) is 0 Å². The van der Waals surface area contributed by atoms with E-state index in [4.69, 9.17) is 9.72 Å². The molecule has 4 N–H and O–H groups in total. The molecule has 234 valence electrons. The summed E-state index contributed by atoms with van der Waals surface area (Å²) in [6.07, 6.45) is 6.22. The number of carbonyl (C=O) groups is 3. The Bertz CT molecular complexity index is 1280. The van der Waals surface area contributed by atoms with E-state index >= 15 is 0 Å². The molecule has 1 saturated heterocycles. The van der Waals surface area contributed by atoms with Crippen molar-refractivity contribution in [3.63, 3.8) is 0 Å². The number of benzene rings is 1. The number of nitrogens with one attached hydrogen (secondary N) is 4. The molecule has 1 atom stereocenters. The summed E-state index contributed by atoms with van der Waals surface area (Å²) in [6, 6.07) is 7.34. The Hall–Kier alpha value is -4.03. The average molecular weight is 595 g/mol. The first kappa shape index (κ1) is 33.5. The zero-order chi connectivity index (χ0) is 31.4. The van der Waals surface area contributed by atoms with Crippen LogP contribution >= 0.6 is 0 Å². The highest BCUT2D eigenvalue weighted by molar-refractivity contribution is 5.97. The Balaban J connectivity index is 1.66. The number of anilines is 3. The van der Waals surface area contributed by atoms with Gasteiger partial charge in [-0.25, -0.2) is 9.97 Å². The fourth-order valence-electron chi connectivity index (χ4n) is 4.50. The molecule has 0 radical (unpaired) electrons. The van der Waals surface area contributed by atoms with Gasteiger partial charge in [-0.05, 0) is 64.4 Å². The van der Waals surface area contributed by atoms with Crippen molar-refractivity contribution >= 4 is 35.0 Å². The third-order valence-electron chi connectivity index (χ3n) is 7.25. The average Bonchev–Trinajstić information content (AvgIpc) is 3.00. The highest BCUT2D eigenvalue weighted by Crippen LogP contribution is 2.25. The van der Waals surface area contributed by atoms with Crippen LogP contribution in [-0.4, -0.2) is 104 Å². The second-order valence-electron chi connectivity index (χ2n) is 10.8. The minimum Gasteiger partial charge on any atom is -0.381 e. The van der Waals surface area contributed by atoms with Gasteiger partial charge in [0, 0.05) is 58.2 Å². The summed E-state index contributed by atoms with van der Waals surface area (Å²) in [7, 11) is 7.03. The molecule has 0 spiro atoms. The Labute approximate surface area is 254 Å². The van der Waals surface area contributed by atoms with Crippen LogP contribution in [0.15, 0.2) is 36.4 Å². The summed E-state index contributed by atoms with van der Waals surface area (Å²) in [5.41, 5.74) is 2.67. The predicted molar refractivity (Wildman–Crippen MR) is 169 cm³/mol. The summed E-state index contributed by atoms with van der Waals surface area (Å²) in [5, 5.41) is 12.4. The number of aryl methyl sites for hydroxylation is 1. The van der Waals surface area contributed by atoms with Crippen LogP contribution < -0.4 is 21.3 Å². The minimum atomic E-state index is -0.610. The van der Waals surface area contributed by atoms with E-state index in [1.54, 1.807) is 27.1 Å². The van der Waals surface area contributed by atoms with Crippen molar-refractivity contribution in [2.45, 2.75) is 51.6 Å². The van der Waals surface area contributed by atoms with Crippen LogP contribution in [0.3, 0.4) is 0 Å². The van der Waals surface area contributed by atoms with E-state index in [1.807, 2.05) is 50.2 Å². The van der Waals surface area contributed by atoms with Crippen LogP contribution in [0.25, 0.3) is 0 Å². The third kappa shape index (κ3) is 10.0. The molecule has 3 amide bonds. The molecule has 2 aromatic rings. The standard InChI is InChI=1S/C31H46N8O4/c1-7-25-28(34-23-14-18-43-19-15-23)37-29(27(36-25)31(42)32-3)35-24-11-8-10-22(20-24)13-16-33-30(41)21(2)39(6)26(40)12-9-17-38(4)5/h8-12,20-21,23H,7,13-19H2,1-6H3,(H,32,42)(H,33,41)(H2,34,35,37)/b12-9+. The van der Waals surface area contributed by atoms with Crippen LogP contribution in [0, 0.1) is 0 Å². The summed E-state index contributed by atoms with van der Waals surface area (Å²) in [4.78, 5) is 50.7. The zero-order valence-electron chi connectivity index (χ0n) is 26.2. The molecule has 0 bridgehead atoms. The molecular weight excluding hydrogens is 548 g/mol. The van der Waals surface area contributed by atoms with E-state index in [0.717, 1.165) is 29.8 Å². The number of ether oxygens (including phenoxy) is 1. The Morgan fingerprint density at radius 3 is 2.53 bits per heavy atom. The van der Waals surface area contributed by atoms with Crippen molar-refractivity contribution < 1.29 is 19.1 Å². The number of amides is 3. The largest absolute Gasteiger partial charge is 0.381 e. The smallest absolute Gasteiger partial charge is 0.273 e. The lowest BCUT2D eigenvalue weighted by Gasteiger charge is -2.25. The van der Waals surface area contributed by atoms with E-state index in [-0.39, 0.29) is 29.5 Å². The molecule has 0 saturated carbocycles. The van der Waals surface area contributed by atoms with Crippen molar-refractivity contribution in [3.8, 4) is 0 Å². The van der Waals surface area contributed by atoms with Gasteiger partial charge < -0.3 is 35.8 Å². The number of hydrogen-bond acceptors (Lipinski definition) is 9. The SMILES string of the molecule is CCc1nc(C(=O)NC)c(Nc2cccc(CCNC(=O)C(C)N(C)C(=O)/C=C/CN(C)C)c2)nc1NC1CCOCC1. The first-order valence-electron chi connectivity index (χ1n) is 14.8. The fraction of sp³-hybridized carbons (Fsp3) is 0.516. The molecule has 1 fully saturated rings. The molecule has 0 aliphatic carbocycles. The summed E-state index contributed by atoms with van der Waals surface area (Å²) < 4.78 is 5.48. The lowest BCUT2D eigenvalue weighted by Crippen LogP contribution is -2.45. The number of aromatic nitrogens is 2. The molecule has 3 rings (SSSR count). The topological polar surface area (TPSA) is 141 Å². The first-order chi connectivity index (χ1) is 20.6. The van der Waals surface area contributed by atoms with Gasteiger partial charge in [0.05, 0.1) is 5.69 Å². The quantitative estimate of drug-likeness (QED) is 0.243. The molecule has 43 heavy (non-hydrogen) atoms. The third-order valence-corrected chi connectivity index (χ3v) is 7.25. The Morgan fingerprint density at radius 1 is 1.12 bits per heavy atom. The molecule has 1 unspecified atom stereocenters. The Morgan fingerprint density at radius 2 is 1.86 bits per heavy atom. The summed E-state index contributed by atoms with van der Waals surface area (Å²) in [6.45, 7) is 6.14. The number of carbonyl (C=O) groups excluding carboxylic acids is 3. The molecular formula is C31H46N8O4. The van der Waals surface area contributed by atoms with Gasteiger partial charge in [-0.3, -0.25) is 14.4 Å². The van der Waals surface area contributed by atoms with Gasteiger partial charge in [-0.15, -0.1) is 0 Å². The van der Waals surface area contributed by atoms with E-state index in [0.29, 0.717) is 50.8 Å². The summed E-state index contributed by atoms with van der Waals surface area (Å²) in [5.74, 6) is 0.247. The van der Waals surface area contributed by atoms with Crippen LogP contribution in [-0.2, 0) is 27.2 Å². The normalized spacial score (nSPS) is 14.4. The molecule has 1 aromatic carbocycles. The molecule has 12 nitrogen and oxygen atoms in total. The number of hydrogen-bond donors (Lipinski definition) is 4. The lowest BCUT2D eigenvalue weighted by molar-refractivity contribution is -0.135. The molecule has 1 aliphatic heterocycles. The van der Waals surface area contributed by atoms with E-state index < -0.39 is 6.04 Å². The highest BCUT2D eigenvalue weighted by Gasteiger charge is 2.22. The van der Waals surface area contributed by atoms with Crippen molar-refractivity contribution in [2.24, 2.45) is 0 Å². The van der Waals surface area contributed by atoms with Crippen molar-refractivity contribution in [3.05, 3.63) is 53.4 Å². The van der Waals surface area contributed by atoms with Crippen molar-refractivity contribution in [2.75, 3.05) is 65.1 Å². The number of nitrogens with zero attached hydrogens (tertiary/aromatic N) is 4. The van der Waals surface area contributed by atoms with Crippen molar-refractivity contribution in [1.82, 2.24) is 30.4 Å².